The van der Waals surface area contributed by atoms with Crippen molar-refractivity contribution in [3.63, 3.8) is 0 Å². The molecular formula is C22H37N3O2S. The number of benzene rings is 1. The molecule has 0 atom stereocenters. The summed E-state index contributed by atoms with van der Waals surface area (Å²) in [6, 6.07) is 6.33. The van der Waals surface area contributed by atoms with Gasteiger partial charge in [-0.05, 0) is 57.9 Å². The Kier molecular flexibility index (Phi) is 9.45. The number of rotatable bonds is 9. The number of hydrogen-bond donors (Lipinski definition) is 2. The number of aliphatic imine (C=N–C) groups is 1. The largest absolute Gasteiger partial charge is 0.491 e. The van der Waals surface area contributed by atoms with Crippen molar-refractivity contribution in [1.29, 1.82) is 0 Å². The predicted molar refractivity (Wildman–Crippen MR) is 121 cm³/mol. The van der Waals surface area contributed by atoms with Gasteiger partial charge in [0.2, 0.25) is 0 Å². The van der Waals surface area contributed by atoms with E-state index in [2.05, 4.69) is 63.5 Å². The summed E-state index contributed by atoms with van der Waals surface area (Å²) in [5, 5.41) is 6.96. The van der Waals surface area contributed by atoms with E-state index in [4.69, 9.17) is 14.5 Å². The van der Waals surface area contributed by atoms with Crippen molar-refractivity contribution >= 4 is 17.7 Å². The zero-order valence-electron chi connectivity index (χ0n) is 18.1. The Balaban J connectivity index is 2.07. The SMILES string of the molecule is CCNC(=NCc1ccc(C)cc1OC(C)C)NCC1(SCC)CCOCC1. The lowest BCUT2D eigenvalue weighted by molar-refractivity contribution is 0.0782. The van der Waals surface area contributed by atoms with Crippen LogP contribution in [0.5, 0.6) is 5.75 Å². The standard InChI is InChI=1S/C22H37N3O2S/c1-6-23-21(25-16-22(28-7-2)10-12-26-13-11-22)24-15-19-9-8-18(5)14-20(19)27-17(3)4/h8-9,14,17H,6-7,10-13,15-16H2,1-5H3,(H2,23,24,25). The Labute approximate surface area is 175 Å². The molecule has 1 aromatic rings. The van der Waals surface area contributed by atoms with E-state index in [1.807, 2.05) is 11.8 Å². The van der Waals surface area contributed by atoms with Gasteiger partial charge in [0.1, 0.15) is 5.75 Å². The molecule has 28 heavy (non-hydrogen) atoms. The molecule has 1 aromatic carbocycles. The van der Waals surface area contributed by atoms with Crippen LogP contribution in [0.3, 0.4) is 0 Å². The van der Waals surface area contributed by atoms with Crippen molar-refractivity contribution in [2.45, 2.75) is 64.9 Å². The Hall–Kier alpha value is -1.40. The summed E-state index contributed by atoms with van der Waals surface area (Å²) < 4.78 is 11.8. The molecule has 1 heterocycles. The molecule has 1 aliphatic rings. The van der Waals surface area contributed by atoms with Crippen LogP contribution in [0.2, 0.25) is 0 Å². The normalized spacial score (nSPS) is 16.9. The second kappa shape index (κ2) is 11.6. The highest BCUT2D eigenvalue weighted by molar-refractivity contribution is 8.00. The second-order valence-electron chi connectivity index (χ2n) is 7.55. The topological polar surface area (TPSA) is 54.9 Å². The summed E-state index contributed by atoms with van der Waals surface area (Å²) in [4.78, 5) is 4.83. The van der Waals surface area contributed by atoms with Gasteiger partial charge in [-0.1, -0.05) is 19.1 Å². The van der Waals surface area contributed by atoms with Crippen molar-refractivity contribution in [2.75, 3.05) is 32.1 Å². The van der Waals surface area contributed by atoms with E-state index < -0.39 is 0 Å². The van der Waals surface area contributed by atoms with E-state index in [0.717, 1.165) is 62.2 Å². The first-order valence-corrected chi connectivity index (χ1v) is 11.5. The molecule has 0 bridgehead atoms. The van der Waals surface area contributed by atoms with E-state index in [1.54, 1.807) is 0 Å². The van der Waals surface area contributed by atoms with E-state index in [1.165, 1.54) is 5.56 Å². The first-order valence-electron chi connectivity index (χ1n) is 10.5. The van der Waals surface area contributed by atoms with Gasteiger partial charge in [0.15, 0.2) is 5.96 Å². The molecule has 0 unspecified atom stereocenters. The summed E-state index contributed by atoms with van der Waals surface area (Å²) in [6.45, 7) is 14.6. The molecule has 158 valence electrons. The lowest BCUT2D eigenvalue weighted by Crippen LogP contribution is -2.48. The molecule has 1 saturated heterocycles. The van der Waals surface area contributed by atoms with Gasteiger partial charge in [0, 0.05) is 36.6 Å². The summed E-state index contributed by atoms with van der Waals surface area (Å²) >= 11 is 2.04. The molecule has 0 amide bonds. The van der Waals surface area contributed by atoms with Crippen LogP contribution >= 0.6 is 11.8 Å². The van der Waals surface area contributed by atoms with E-state index in [9.17, 15) is 0 Å². The molecule has 2 N–H and O–H groups in total. The van der Waals surface area contributed by atoms with Crippen LogP contribution in [0.4, 0.5) is 0 Å². The Bertz CT molecular complexity index is 623. The Morgan fingerprint density at radius 3 is 2.64 bits per heavy atom. The summed E-state index contributed by atoms with van der Waals surface area (Å²) in [5.74, 6) is 2.91. The molecule has 0 aliphatic carbocycles. The van der Waals surface area contributed by atoms with E-state index in [-0.39, 0.29) is 10.9 Å². The average molecular weight is 408 g/mol. The van der Waals surface area contributed by atoms with Crippen LogP contribution in [0.25, 0.3) is 0 Å². The van der Waals surface area contributed by atoms with E-state index >= 15 is 0 Å². The van der Waals surface area contributed by atoms with Crippen molar-refractivity contribution in [3.05, 3.63) is 29.3 Å². The molecule has 0 radical (unpaired) electrons. The number of ether oxygens (including phenoxy) is 2. The maximum Gasteiger partial charge on any atom is 0.191 e. The van der Waals surface area contributed by atoms with Crippen LogP contribution in [0, 0.1) is 6.92 Å². The van der Waals surface area contributed by atoms with Gasteiger partial charge in [0.25, 0.3) is 0 Å². The third kappa shape index (κ3) is 7.21. The zero-order valence-corrected chi connectivity index (χ0v) is 19.0. The number of nitrogens with zero attached hydrogens (tertiary/aromatic N) is 1. The number of thioether (sulfide) groups is 1. The maximum atomic E-state index is 5.99. The number of guanidine groups is 1. The monoisotopic (exact) mass is 407 g/mol. The van der Waals surface area contributed by atoms with Gasteiger partial charge < -0.3 is 20.1 Å². The van der Waals surface area contributed by atoms with E-state index in [0.29, 0.717) is 6.54 Å². The minimum Gasteiger partial charge on any atom is -0.491 e. The highest BCUT2D eigenvalue weighted by atomic mass is 32.2. The van der Waals surface area contributed by atoms with Crippen LogP contribution < -0.4 is 15.4 Å². The lowest BCUT2D eigenvalue weighted by Gasteiger charge is -2.37. The molecule has 1 aliphatic heterocycles. The summed E-state index contributed by atoms with van der Waals surface area (Å²) in [5.41, 5.74) is 2.31. The molecule has 1 fully saturated rings. The van der Waals surface area contributed by atoms with Crippen molar-refractivity contribution in [1.82, 2.24) is 10.6 Å². The van der Waals surface area contributed by atoms with Crippen molar-refractivity contribution < 1.29 is 9.47 Å². The summed E-state index contributed by atoms with van der Waals surface area (Å²) in [7, 11) is 0. The molecular weight excluding hydrogens is 370 g/mol. The smallest absolute Gasteiger partial charge is 0.191 e. The first kappa shape index (κ1) is 22.9. The van der Waals surface area contributed by atoms with Crippen LogP contribution in [0.15, 0.2) is 23.2 Å². The number of hydrogen-bond acceptors (Lipinski definition) is 4. The molecule has 5 nitrogen and oxygen atoms in total. The fourth-order valence-corrected chi connectivity index (χ4v) is 4.57. The van der Waals surface area contributed by atoms with Crippen LogP contribution in [-0.2, 0) is 11.3 Å². The minimum absolute atomic E-state index is 0.148. The minimum atomic E-state index is 0.148. The van der Waals surface area contributed by atoms with Crippen molar-refractivity contribution in [3.8, 4) is 5.75 Å². The third-order valence-corrected chi connectivity index (χ3v) is 6.22. The molecule has 2 rings (SSSR count). The maximum absolute atomic E-state index is 5.99. The van der Waals surface area contributed by atoms with Crippen LogP contribution in [-0.4, -0.2) is 48.9 Å². The van der Waals surface area contributed by atoms with Gasteiger partial charge >= 0.3 is 0 Å². The average Bonchev–Trinajstić information content (AvgIpc) is 2.66. The first-order chi connectivity index (χ1) is 13.5. The third-order valence-electron chi connectivity index (χ3n) is 4.77. The molecule has 0 aromatic heterocycles. The van der Waals surface area contributed by atoms with Crippen molar-refractivity contribution in [2.24, 2.45) is 4.99 Å². The lowest BCUT2D eigenvalue weighted by atomic mass is 9.99. The number of aryl methyl sites for hydroxylation is 1. The molecule has 0 spiro atoms. The second-order valence-corrected chi connectivity index (χ2v) is 9.29. The van der Waals surface area contributed by atoms with Gasteiger partial charge in [-0.3, -0.25) is 0 Å². The van der Waals surface area contributed by atoms with Gasteiger partial charge in [-0.15, -0.1) is 0 Å². The Morgan fingerprint density at radius 1 is 1.25 bits per heavy atom. The van der Waals surface area contributed by atoms with Gasteiger partial charge in [-0.25, -0.2) is 4.99 Å². The molecule has 6 heteroatoms. The van der Waals surface area contributed by atoms with Gasteiger partial charge in [0.05, 0.1) is 12.6 Å². The van der Waals surface area contributed by atoms with Gasteiger partial charge in [-0.2, -0.15) is 11.8 Å². The number of nitrogens with one attached hydrogen (secondary N) is 2. The fraction of sp³-hybridized carbons (Fsp3) is 0.682. The zero-order chi connectivity index (χ0) is 20.4. The highest BCUT2D eigenvalue weighted by Gasteiger charge is 2.32. The molecule has 0 saturated carbocycles. The Morgan fingerprint density at radius 2 is 2.00 bits per heavy atom. The quantitative estimate of drug-likeness (QED) is 0.476. The fourth-order valence-electron chi connectivity index (χ4n) is 3.33. The summed E-state index contributed by atoms with van der Waals surface area (Å²) in [6.07, 6.45) is 2.32. The highest BCUT2D eigenvalue weighted by Crippen LogP contribution is 2.34. The predicted octanol–water partition coefficient (Wildman–Crippen LogP) is 4.14. The van der Waals surface area contributed by atoms with Crippen LogP contribution in [0.1, 0.15) is 51.7 Å².